The molecule has 6 heteroatoms. The maximum Gasteiger partial charge on any atom is 0.487 e. The predicted octanol–water partition coefficient (Wildman–Crippen LogP) is 4.10. The number of carbonyl (C=O) groups excluding carboxylic acids is 1. The van der Waals surface area contributed by atoms with Crippen molar-refractivity contribution in [1.82, 2.24) is 0 Å². The molecule has 0 spiro atoms. The summed E-state index contributed by atoms with van der Waals surface area (Å²) in [6.07, 6.45) is 0.239. The third-order valence-corrected chi connectivity index (χ3v) is 5.18. The third kappa shape index (κ3) is 5.00. The summed E-state index contributed by atoms with van der Waals surface area (Å²) in [5.74, 6) is 0.483. The second-order valence-electron chi connectivity index (χ2n) is 7.82. The van der Waals surface area contributed by atoms with Gasteiger partial charge in [-0.15, -0.1) is 0 Å². The highest BCUT2D eigenvalue weighted by Crippen LogP contribution is 2.38. The van der Waals surface area contributed by atoms with Crippen LogP contribution in [0.3, 0.4) is 0 Å². The van der Waals surface area contributed by atoms with Gasteiger partial charge in [0.25, 0.3) is 0 Å². The molecule has 0 bridgehead atoms. The average Bonchev–Trinajstić information content (AvgIpc) is 2.79. The second-order valence-corrected chi connectivity index (χ2v) is 7.82. The fraction of sp³-hybridized carbons (Fsp3) is 0.524. The lowest BCUT2D eigenvalue weighted by Crippen LogP contribution is -2.41. The maximum atomic E-state index is 12.1. The van der Waals surface area contributed by atoms with Crippen LogP contribution >= 0.6 is 0 Å². The highest BCUT2D eigenvalue weighted by molar-refractivity contribution is 6.53. The highest BCUT2D eigenvalue weighted by Gasteiger charge is 2.50. The molecule has 0 aromatic heterocycles. The summed E-state index contributed by atoms with van der Waals surface area (Å²) >= 11 is 0. The van der Waals surface area contributed by atoms with Crippen molar-refractivity contribution in [3.05, 3.63) is 41.4 Å². The molecular weight excluding hydrogens is 341 g/mol. The van der Waals surface area contributed by atoms with Gasteiger partial charge in [-0.25, -0.2) is 0 Å². The zero-order valence-corrected chi connectivity index (χ0v) is 17.0. The summed E-state index contributed by atoms with van der Waals surface area (Å²) in [4.78, 5) is 12.1. The molecule has 1 aliphatic heterocycles. The largest absolute Gasteiger partial charge is 0.487 e. The van der Waals surface area contributed by atoms with Gasteiger partial charge in [0, 0.05) is 0 Å². The van der Waals surface area contributed by atoms with E-state index < -0.39 is 30.2 Å². The normalized spacial score (nSPS) is 19.4. The molecule has 1 aromatic rings. The molecule has 0 saturated carbocycles. The van der Waals surface area contributed by atoms with E-state index in [-0.39, 0.29) is 13.0 Å². The molecule has 1 heterocycles. The highest BCUT2D eigenvalue weighted by atomic mass is 16.7. The Morgan fingerprint density at radius 3 is 2.26 bits per heavy atom. The standard InChI is InChI=1S/C21H28BNO4/c1-7-25-19(24)18(14-23)12-17(16-10-8-15(2)9-11-16)13-22-26-20(3,4)21(5,6)27-22/h8-11,13,18H,7,12H2,1-6H3/b17-13+. The molecule has 1 aliphatic rings. The minimum Gasteiger partial charge on any atom is -0.465 e. The molecular formula is C21H28BNO4. The fourth-order valence-corrected chi connectivity index (χ4v) is 2.82. The molecule has 1 saturated heterocycles. The number of carbonyl (C=O) groups is 1. The first-order valence-electron chi connectivity index (χ1n) is 9.29. The minimum atomic E-state index is -0.875. The van der Waals surface area contributed by atoms with Gasteiger partial charge in [-0.1, -0.05) is 35.8 Å². The van der Waals surface area contributed by atoms with Crippen molar-refractivity contribution in [2.75, 3.05) is 6.61 Å². The topological polar surface area (TPSA) is 68.6 Å². The van der Waals surface area contributed by atoms with Crippen LogP contribution in [0, 0.1) is 24.2 Å². The van der Waals surface area contributed by atoms with E-state index in [4.69, 9.17) is 14.0 Å². The summed E-state index contributed by atoms with van der Waals surface area (Å²) < 4.78 is 17.2. The quantitative estimate of drug-likeness (QED) is 0.558. The molecule has 144 valence electrons. The van der Waals surface area contributed by atoms with Crippen molar-refractivity contribution >= 4 is 18.7 Å². The number of nitrogens with zero attached hydrogens (tertiary/aromatic N) is 1. The monoisotopic (exact) mass is 369 g/mol. The number of rotatable bonds is 6. The maximum absolute atomic E-state index is 12.1. The lowest BCUT2D eigenvalue weighted by Gasteiger charge is -2.32. The molecule has 0 amide bonds. The van der Waals surface area contributed by atoms with Crippen LogP contribution < -0.4 is 0 Å². The molecule has 1 unspecified atom stereocenters. The van der Waals surface area contributed by atoms with Crippen LogP contribution in [-0.2, 0) is 18.8 Å². The SMILES string of the molecule is CCOC(=O)C(C#N)C/C(=C\B1OC(C)(C)C(C)(C)O1)c1ccc(C)cc1. The van der Waals surface area contributed by atoms with Crippen molar-refractivity contribution in [2.24, 2.45) is 5.92 Å². The number of aryl methyl sites for hydroxylation is 1. The van der Waals surface area contributed by atoms with Crippen molar-refractivity contribution < 1.29 is 18.8 Å². The van der Waals surface area contributed by atoms with E-state index in [9.17, 15) is 10.1 Å². The number of allylic oxidation sites excluding steroid dienone is 1. The van der Waals surface area contributed by atoms with E-state index in [1.54, 1.807) is 6.92 Å². The van der Waals surface area contributed by atoms with Gasteiger partial charge in [-0.3, -0.25) is 4.79 Å². The minimum absolute atomic E-state index is 0.239. The molecule has 0 radical (unpaired) electrons. The number of esters is 1. The van der Waals surface area contributed by atoms with Gasteiger partial charge in [-0.2, -0.15) is 5.26 Å². The zero-order valence-electron chi connectivity index (χ0n) is 17.0. The summed E-state index contributed by atoms with van der Waals surface area (Å²) in [7, 11) is -0.548. The van der Waals surface area contributed by atoms with Crippen LogP contribution in [0.5, 0.6) is 0 Å². The van der Waals surface area contributed by atoms with E-state index in [1.807, 2.05) is 64.9 Å². The summed E-state index contributed by atoms with van der Waals surface area (Å²) in [5.41, 5.74) is 1.98. The van der Waals surface area contributed by atoms with Gasteiger partial charge >= 0.3 is 13.1 Å². The summed E-state index contributed by atoms with van der Waals surface area (Å²) in [5, 5.41) is 9.45. The average molecular weight is 369 g/mol. The summed E-state index contributed by atoms with van der Waals surface area (Å²) in [6, 6.07) is 10.0. The van der Waals surface area contributed by atoms with E-state index in [0.29, 0.717) is 0 Å². The summed E-state index contributed by atoms with van der Waals surface area (Å²) in [6.45, 7) is 11.9. The molecule has 5 nitrogen and oxygen atoms in total. The van der Waals surface area contributed by atoms with Gasteiger partial charge in [0.05, 0.1) is 23.9 Å². The molecule has 2 rings (SSSR count). The molecule has 1 aromatic carbocycles. The van der Waals surface area contributed by atoms with E-state index in [0.717, 1.165) is 16.7 Å². The zero-order chi connectivity index (χ0) is 20.2. The van der Waals surface area contributed by atoms with Gasteiger partial charge in [0.15, 0.2) is 0 Å². The van der Waals surface area contributed by atoms with E-state index >= 15 is 0 Å². The van der Waals surface area contributed by atoms with Crippen molar-refractivity contribution in [3.63, 3.8) is 0 Å². The first-order chi connectivity index (χ1) is 12.6. The second kappa shape index (κ2) is 8.29. The number of nitriles is 1. The number of hydrogen-bond acceptors (Lipinski definition) is 5. The van der Waals surface area contributed by atoms with Gasteiger partial charge in [0.1, 0.15) is 5.92 Å². The van der Waals surface area contributed by atoms with Crippen LogP contribution in [0.2, 0.25) is 0 Å². The van der Waals surface area contributed by atoms with Gasteiger partial charge in [0.2, 0.25) is 0 Å². The smallest absolute Gasteiger partial charge is 0.465 e. The lowest BCUT2D eigenvalue weighted by atomic mass is 9.82. The van der Waals surface area contributed by atoms with Crippen LogP contribution in [0.1, 0.15) is 52.2 Å². The predicted molar refractivity (Wildman–Crippen MR) is 106 cm³/mol. The Kier molecular flexibility index (Phi) is 6.51. The molecule has 1 fully saturated rings. The Balaban J connectivity index is 2.35. The van der Waals surface area contributed by atoms with Gasteiger partial charge < -0.3 is 14.0 Å². The molecule has 27 heavy (non-hydrogen) atoms. The Hall–Kier alpha value is -2.10. The Morgan fingerprint density at radius 1 is 1.22 bits per heavy atom. The Labute approximate surface area is 162 Å². The number of hydrogen-bond donors (Lipinski definition) is 0. The first kappa shape index (κ1) is 21.2. The Morgan fingerprint density at radius 2 is 1.78 bits per heavy atom. The first-order valence-corrected chi connectivity index (χ1v) is 9.29. The van der Waals surface area contributed by atoms with Crippen LogP contribution in [0.25, 0.3) is 5.57 Å². The fourth-order valence-electron chi connectivity index (χ4n) is 2.82. The number of ether oxygens (including phenoxy) is 1. The van der Waals surface area contributed by atoms with E-state index in [1.165, 1.54) is 0 Å². The molecule has 0 aliphatic carbocycles. The van der Waals surface area contributed by atoms with Crippen LogP contribution in [0.15, 0.2) is 30.2 Å². The van der Waals surface area contributed by atoms with Crippen LogP contribution in [-0.4, -0.2) is 30.9 Å². The molecule has 1 atom stereocenters. The van der Waals surface area contributed by atoms with Gasteiger partial charge in [-0.05, 0) is 59.1 Å². The Bertz CT molecular complexity index is 730. The van der Waals surface area contributed by atoms with Crippen molar-refractivity contribution in [1.29, 1.82) is 5.26 Å². The third-order valence-electron chi connectivity index (χ3n) is 5.18. The lowest BCUT2D eigenvalue weighted by molar-refractivity contribution is -0.145. The van der Waals surface area contributed by atoms with Crippen molar-refractivity contribution in [2.45, 2.75) is 59.2 Å². The van der Waals surface area contributed by atoms with E-state index in [2.05, 4.69) is 6.07 Å². The van der Waals surface area contributed by atoms with Crippen LogP contribution in [0.4, 0.5) is 0 Å². The molecule has 0 N–H and O–H groups in total. The van der Waals surface area contributed by atoms with Crippen molar-refractivity contribution in [3.8, 4) is 6.07 Å². The number of benzene rings is 1.